The molecule has 24 heavy (non-hydrogen) atoms. The highest BCUT2D eigenvalue weighted by atomic mass is 127. The summed E-state index contributed by atoms with van der Waals surface area (Å²) in [6, 6.07) is 9.24. The fraction of sp³-hybridized carbons (Fsp3) is 0.0909. The molecule has 1 aromatic heterocycles. The summed E-state index contributed by atoms with van der Waals surface area (Å²) in [6.07, 6.45) is 0.245. The van der Waals surface area contributed by atoms with Gasteiger partial charge in [-0.2, -0.15) is 0 Å². The maximum Gasteiger partial charge on any atom is 0.275 e. The molecule has 1 heterocycles. The van der Waals surface area contributed by atoms with Crippen molar-refractivity contribution in [1.82, 2.24) is 10.2 Å². The van der Waals surface area contributed by atoms with Crippen molar-refractivity contribution in [2.45, 2.75) is 10.8 Å². The molecule has 0 aliphatic heterocycles. The highest BCUT2D eigenvalue weighted by Crippen LogP contribution is 2.23. The van der Waals surface area contributed by atoms with Crippen LogP contribution in [0.25, 0.3) is 0 Å². The van der Waals surface area contributed by atoms with Crippen molar-refractivity contribution in [2.24, 2.45) is 10.3 Å². The maximum atomic E-state index is 12.3. The number of rotatable bonds is 7. The second-order valence-electron chi connectivity index (χ2n) is 4.24. The number of halogens is 1. The Bertz CT molecular complexity index is 843. The van der Waals surface area contributed by atoms with Crippen molar-refractivity contribution >= 4 is 66.6 Å². The number of aromatic nitrogens is 2. The standard InChI is InChI=1S/C11H11IN5O4PS2/c12-22-21-17-8(6-7-4-2-1-3-5-7)9(18)14-10-15-16-11(23-10)24(13,19)20/h1-5,22H,6H2,(H2,13,19,20)(H,14,15,18)/b17-8+. The van der Waals surface area contributed by atoms with E-state index in [2.05, 4.69) is 20.7 Å². The number of hydrogen-bond acceptors (Lipinski definition) is 8. The van der Waals surface area contributed by atoms with E-state index < -0.39 is 15.9 Å². The average molecular weight is 499 g/mol. The van der Waals surface area contributed by atoms with Gasteiger partial charge in [0.2, 0.25) is 9.47 Å². The van der Waals surface area contributed by atoms with Crippen LogP contribution in [-0.4, -0.2) is 30.2 Å². The van der Waals surface area contributed by atoms with Gasteiger partial charge < -0.3 is 4.62 Å². The van der Waals surface area contributed by atoms with E-state index in [0.29, 0.717) is 11.3 Å². The lowest BCUT2D eigenvalue weighted by Crippen LogP contribution is -2.25. The molecular weight excluding hydrogens is 488 g/mol. The summed E-state index contributed by atoms with van der Waals surface area (Å²) >= 11 is 2.63. The van der Waals surface area contributed by atoms with Crippen molar-refractivity contribution in [3.05, 3.63) is 35.9 Å². The number of hydrogen-bond donors (Lipinski definition) is 2. The molecule has 1 aromatic carbocycles. The van der Waals surface area contributed by atoms with Gasteiger partial charge in [0.05, 0.1) is 0 Å². The summed E-state index contributed by atoms with van der Waals surface area (Å²) in [5, 5.41) is 18.2. The summed E-state index contributed by atoms with van der Waals surface area (Å²) in [5.74, 6) is -0.564. The Morgan fingerprint density at radius 3 is 2.67 bits per heavy atom. The zero-order valence-electron chi connectivity index (χ0n) is 11.8. The van der Waals surface area contributed by atoms with Crippen LogP contribution in [0, 0.1) is 0 Å². The van der Waals surface area contributed by atoms with Crippen molar-refractivity contribution < 1.29 is 17.8 Å². The fourth-order valence-corrected chi connectivity index (χ4v) is 3.33. The Balaban J connectivity index is 2.14. The molecule has 0 spiro atoms. The molecule has 0 aliphatic rings. The van der Waals surface area contributed by atoms with Gasteiger partial charge in [-0.1, -0.05) is 46.8 Å². The van der Waals surface area contributed by atoms with Crippen LogP contribution in [0.5, 0.6) is 0 Å². The molecule has 0 fully saturated rings. The molecule has 0 aliphatic carbocycles. The number of amides is 1. The third-order valence-corrected chi connectivity index (χ3v) is 5.44. The van der Waals surface area contributed by atoms with Crippen LogP contribution in [0.1, 0.15) is 5.56 Å². The SMILES string of the molecule is NS(=O)(=O)c1nnc(NC(=O)/C(Cc2ccccc2)=N/OPI)s1. The van der Waals surface area contributed by atoms with E-state index >= 15 is 0 Å². The monoisotopic (exact) mass is 499 g/mol. The molecule has 3 N–H and O–H groups in total. The van der Waals surface area contributed by atoms with Gasteiger partial charge in [-0.05, 0) is 27.6 Å². The Labute approximate surface area is 156 Å². The van der Waals surface area contributed by atoms with Gasteiger partial charge in [0.15, 0.2) is 6.45 Å². The van der Waals surface area contributed by atoms with Gasteiger partial charge >= 0.3 is 0 Å². The lowest BCUT2D eigenvalue weighted by Gasteiger charge is -2.05. The number of nitrogens with two attached hydrogens (primary N) is 1. The minimum absolute atomic E-state index is 0.00158. The van der Waals surface area contributed by atoms with Crippen molar-refractivity contribution in [3.8, 4) is 0 Å². The molecule has 1 atom stereocenters. The van der Waals surface area contributed by atoms with Crippen LogP contribution in [0.15, 0.2) is 39.8 Å². The van der Waals surface area contributed by atoms with E-state index in [1.165, 1.54) is 0 Å². The normalized spacial score (nSPS) is 12.5. The lowest BCUT2D eigenvalue weighted by molar-refractivity contribution is -0.110. The zero-order chi connectivity index (χ0) is 17.6. The van der Waals surface area contributed by atoms with E-state index in [4.69, 9.17) is 9.76 Å². The highest BCUT2D eigenvalue weighted by Gasteiger charge is 2.19. The molecule has 0 saturated carbocycles. The fourth-order valence-electron chi connectivity index (χ4n) is 1.56. The third kappa shape index (κ3) is 5.70. The number of anilines is 1. The zero-order valence-corrected chi connectivity index (χ0v) is 16.6. The van der Waals surface area contributed by atoms with Crippen LogP contribution < -0.4 is 10.5 Å². The summed E-state index contributed by atoms with van der Waals surface area (Å²) in [7, 11) is -3.96. The summed E-state index contributed by atoms with van der Waals surface area (Å²) in [4.78, 5) is 12.3. The second-order valence-corrected chi connectivity index (χ2v) is 8.61. The van der Waals surface area contributed by atoms with E-state index in [9.17, 15) is 13.2 Å². The van der Waals surface area contributed by atoms with Crippen molar-refractivity contribution in [1.29, 1.82) is 0 Å². The minimum atomic E-state index is -3.96. The number of nitrogens with one attached hydrogen (secondary N) is 1. The highest BCUT2D eigenvalue weighted by molar-refractivity contribution is 14.2. The maximum absolute atomic E-state index is 12.3. The quantitative estimate of drug-likeness (QED) is 0.196. The number of carbonyl (C=O) groups is 1. The van der Waals surface area contributed by atoms with E-state index in [1.807, 2.05) is 52.4 Å². The number of sulfonamides is 1. The van der Waals surface area contributed by atoms with E-state index in [-0.39, 0.29) is 28.1 Å². The van der Waals surface area contributed by atoms with Gasteiger partial charge in [-0.15, -0.1) is 10.2 Å². The number of oxime groups is 1. The lowest BCUT2D eigenvalue weighted by atomic mass is 10.1. The summed E-state index contributed by atoms with van der Waals surface area (Å²) in [6.45, 7) is 0.0497. The molecule has 2 rings (SSSR count). The predicted molar refractivity (Wildman–Crippen MR) is 101 cm³/mol. The van der Waals surface area contributed by atoms with Gasteiger partial charge in [0.1, 0.15) is 5.71 Å². The van der Waals surface area contributed by atoms with Gasteiger partial charge in [0, 0.05) is 6.42 Å². The number of primary sulfonamides is 1. The Morgan fingerprint density at radius 2 is 2.08 bits per heavy atom. The molecule has 128 valence electrons. The molecule has 2 aromatic rings. The molecule has 13 heteroatoms. The Morgan fingerprint density at radius 1 is 1.38 bits per heavy atom. The Hall–Kier alpha value is -1.21. The first-order valence-electron chi connectivity index (χ1n) is 6.20. The molecular formula is C11H11IN5O4PS2. The summed E-state index contributed by atoms with van der Waals surface area (Å²) in [5.41, 5.74) is 0.993. The van der Waals surface area contributed by atoms with Gasteiger partial charge in [0.25, 0.3) is 15.9 Å². The first kappa shape index (κ1) is 19.1. The van der Waals surface area contributed by atoms with Gasteiger partial charge in [-0.3, -0.25) is 10.1 Å². The largest absolute Gasteiger partial charge is 0.369 e. The Kier molecular flexibility index (Phi) is 6.98. The molecule has 9 nitrogen and oxygen atoms in total. The van der Waals surface area contributed by atoms with E-state index in [1.54, 1.807) is 0 Å². The van der Waals surface area contributed by atoms with Crippen LogP contribution in [0.4, 0.5) is 5.13 Å². The van der Waals surface area contributed by atoms with Crippen LogP contribution in [0.2, 0.25) is 0 Å². The first-order chi connectivity index (χ1) is 11.4. The van der Waals surface area contributed by atoms with Crippen molar-refractivity contribution in [2.75, 3.05) is 5.32 Å². The number of nitrogens with zero attached hydrogens (tertiary/aromatic N) is 3. The van der Waals surface area contributed by atoms with E-state index in [0.717, 1.165) is 5.56 Å². The van der Waals surface area contributed by atoms with Gasteiger partial charge in [-0.25, -0.2) is 13.6 Å². The topological polar surface area (TPSA) is 137 Å². The first-order valence-corrected chi connectivity index (χ1v) is 12.6. The molecule has 0 saturated heterocycles. The summed E-state index contributed by atoms with van der Waals surface area (Å²) < 4.78 is 26.9. The number of carbonyl (C=O) groups excluding carboxylic acids is 1. The smallest absolute Gasteiger partial charge is 0.275 e. The van der Waals surface area contributed by atoms with Crippen LogP contribution in [-0.2, 0) is 25.9 Å². The molecule has 0 bridgehead atoms. The van der Waals surface area contributed by atoms with Crippen LogP contribution >= 0.6 is 39.8 Å². The van der Waals surface area contributed by atoms with Crippen LogP contribution in [0.3, 0.4) is 0 Å². The predicted octanol–water partition coefficient (Wildman–Crippen LogP) is 1.68. The molecule has 1 amide bonds. The molecule has 0 radical (unpaired) electrons. The van der Waals surface area contributed by atoms with Crippen molar-refractivity contribution in [3.63, 3.8) is 0 Å². The third-order valence-electron chi connectivity index (χ3n) is 2.54. The molecule has 1 unspecified atom stereocenters. The second kappa shape index (κ2) is 8.76. The number of benzene rings is 1. The minimum Gasteiger partial charge on any atom is -0.369 e. The average Bonchev–Trinajstić information content (AvgIpc) is 3.01.